The molecular weight excluding hydrogens is 353 g/mol. The number of nitrogens with one attached hydrogen (secondary N) is 1. The summed E-state index contributed by atoms with van der Waals surface area (Å²) in [5.74, 6) is -1.80. The molecule has 2 rings (SSSR count). The predicted octanol–water partition coefficient (Wildman–Crippen LogP) is 2.67. The first kappa shape index (κ1) is 18.6. The summed E-state index contributed by atoms with van der Waals surface area (Å²) in [7, 11) is 1.31. The summed E-state index contributed by atoms with van der Waals surface area (Å²) in [6.07, 6.45) is 0. The van der Waals surface area contributed by atoms with Crippen LogP contribution >= 0.6 is 0 Å². The maximum Gasteiger partial charge on any atom is 0.311 e. The third-order valence-corrected chi connectivity index (χ3v) is 3.15. The van der Waals surface area contributed by atoms with E-state index in [4.69, 9.17) is 9.47 Å². The second-order valence-corrected chi connectivity index (χ2v) is 4.85. The van der Waals surface area contributed by atoms with Crippen LogP contribution in [0.2, 0.25) is 0 Å². The van der Waals surface area contributed by atoms with Gasteiger partial charge in [-0.1, -0.05) is 0 Å². The smallest absolute Gasteiger partial charge is 0.311 e. The number of hydrogen-bond acceptors (Lipinski definition) is 7. The van der Waals surface area contributed by atoms with Crippen LogP contribution in [0.3, 0.4) is 0 Å². The molecule has 0 aliphatic heterocycles. The molecule has 0 saturated heterocycles. The van der Waals surface area contributed by atoms with E-state index in [-0.39, 0.29) is 17.1 Å². The Morgan fingerprint density at radius 2 is 1.85 bits per heavy atom. The van der Waals surface area contributed by atoms with Crippen molar-refractivity contribution < 1.29 is 28.5 Å². The average Bonchev–Trinajstić information content (AvgIpc) is 2.59. The molecule has 0 unspecified atom stereocenters. The van der Waals surface area contributed by atoms with Gasteiger partial charge in [0.05, 0.1) is 22.6 Å². The molecule has 11 heteroatoms. The van der Waals surface area contributed by atoms with E-state index >= 15 is 0 Å². The Labute approximate surface area is 145 Å². The molecule has 2 aromatic carbocycles. The molecule has 0 aliphatic rings. The topological polar surface area (TPSA) is 134 Å². The Morgan fingerprint density at radius 1 is 1.12 bits per heavy atom. The quantitative estimate of drug-likeness (QED) is 0.589. The van der Waals surface area contributed by atoms with Gasteiger partial charge in [0.25, 0.3) is 11.6 Å². The molecule has 10 nitrogen and oxygen atoms in total. The van der Waals surface area contributed by atoms with E-state index in [9.17, 15) is 29.4 Å². The van der Waals surface area contributed by atoms with Crippen molar-refractivity contribution in [2.75, 3.05) is 19.0 Å². The Hall–Kier alpha value is -3.76. The van der Waals surface area contributed by atoms with Gasteiger partial charge in [-0.15, -0.1) is 0 Å². The van der Waals surface area contributed by atoms with Gasteiger partial charge in [0.15, 0.2) is 6.61 Å². The monoisotopic (exact) mass is 365 g/mol. The van der Waals surface area contributed by atoms with Gasteiger partial charge in [-0.2, -0.15) is 0 Å². The number of ether oxygens (including phenoxy) is 2. The first-order chi connectivity index (χ1) is 12.3. The first-order valence-electron chi connectivity index (χ1n) is 7.01. The zero-order valence-corrected chi connectivity index (χ0v) is 13.3. The van der Waals surface area contributed by atoms with E-state index in [0.29, 0.717) is 0 Å². The fraction of sp³-hybridized carbons (Fsp3) is 0.133. The lowest BCUT2D eigenvalue weighted by Gasteiger charge is -2.11. The van der Waals surface area contributed by atoms with E-state index in [1.807, 2.05) is 0 Å². The summed E-state index contributed by atoms with van der Waals surface area (Å²) in [4.78, 5) is 32.2. The number of benzene rings is 2. The number of amides is 1. The summed E-state index contributed by atoms with van der Waals surface area (Å²) in [5, 5.41) is 24.0. The van der Waals surface area contributed by atoms with E-state index in [1.54, 1.807) is 0 Å². The predicted molar refractivity (Wildman–Crippen MR) is 86.8 cm³/mol. The van der Waals surface area contributed by atoms with Crippen molar-refractivity contribution in [3.05, 3.63) is 62.4 Å². The zero-order valence-electron chi connectivity index (χ0n) is 13.3. The molecule has 0 heterocycles. The summed E-state index contributed by atoms with van der Waals surface area (Å²) in [6, 6.07) is 6.15. The Kier molecular flexibility index (Phi) is 5.63. The van der Waals surface area contributed by atoms with Crippen LogP contribution in [-0.2, 0) is 4.79 Å². The Morgan fingerprint density at radius 3 is 2.46 bits per heavy atom. The number of nitro benzene ring substituents is 2. The highest BCUT2D eigenvalue weighted by molar-refractivity contribution is 5.93. The highest BCUT2D eigenvalue weighted by atomic mass is 19.1. The van der Waals surface area contributed by atoms with Gasteiger partial charge in [0, 0.05) is 24.3 Å². The molecule has 0 aliphatic carbocycles. The van der Waals surface area contributed by atoms with Crippen LogP contribution in [-0.4, -0.2) is 29.5 Å². The van der Waals surface area contributed by atoms with Crippen molar-refractivity contribution in [1.29, 1.82) is 0 Å². The molecule has 1 amide bonds. The lowest BCUT2D eigenvalue weighted by molar-refractivity contribution is -0.385. The standard InChI is InChI=1S/C15H12FN3O7/c1-25-13-5-3-10(18(21)22)7-11(13)17-15(20)8-26-14-6-9(16)2-4-12(14)19(23)24/h2-7H,8H2,1H3,(H,17,20). The molecule has 2 aromatic rings. The molecule has 0 radical (unpaired) electrons. The highest BCUT2D eigenvalue weighted by Crippen LogP contribution is 2.30. The summed E-state index contributed by atoms with van der Waals surface area (Å²) in [6.45, 7) is -0.684. The van der Waals surface area contributed by atoms with Crippen LogP contribution in [0.5, 0.6) is 11.5 Å². The SMILES string of the molecule is COc1ccc([N+](=O)[O-])cc1NC(=O)COc1cc(F)ccc1[N+](=O)[O-]. The Bertz CT molecular complexity index is 872. The van der Waals surface area contributed by atoms with Crippen molar-refractivity contribution in [3.63, 3.8) is 0 Å². The van der Waals surface area contributed by atoms with E-state index in [0.717, 1.165) is 24.3 Å². The lowest BCUT2D eigenvalue weighted by Crippen LogP contribution is -2.21. The molecule has 0 fully saturated rings. The number of nitro groups is 2. The van der Waals surface area contributed by atoms with Crippen molar-refractivity contribution in [3.8, 4) is 11.5 Å². The number of hydrogen-bond donors (Lipinski definition) is 1. The van der Waals surface area contributed by atoms with Gasteiger partial charge in [0.2, 0.25) is 5.75 Å². The fourth-order valence-corrected chi connectivity index (χ4v) is 1.99. The van der Waals surface area contributed by atoms with Crippen molar-refractivity contribution >= 4 is 23.0 Å². The Balaban J connectivity index is 2.13. The number of anilines is 1. The first-order valence-corrected chi connectivity index (χ1v) is 7.01. The van der Waals surface area contributed by atoms with Crippen molar-refractivity contribution in [1.82, 2.24) is 0 Å². The van der Waals surface area contributed by atoms with Gasteiger partial charge < -0.3 is 14.8 Å². The molecule has 0 saturated carbocycles. The van der Waals surface area contributed by atoms with Gasteiger partial charge in [-0.05, 0) is 12.1 Å². The zero-order chi connectivity index (χ0) is 19.3. The summed E-state index contributed by atoms with van der Waals surface area (Å²) in [5.41, 5.74) is -0.765. The number of halogens is 1. The largest absolute Gasteiger partial charge is 0.495 e. The number of rotatable bonds is 7. The van der Waals surface area contributed by atoms with Gasteiger partial charge >= 0.3 is 5.69 Å². The normalized spacial score (nSPS) is 10.1. The van der Waals surface area contributed by atoms with Crippen LogP contribution in [0.1, 0.15) is 0 Å². The van der Waals surface area contributed by atoms with Crippen LogP contribution in [0.4, 0.5) is 21.5 Å². The lowest BCUT2D eigenvalue weighted by atomic mass is 10.2. The van der Waals surface area contributed by atoms with Crippen molar-refractivity contribution in [2.45, 2.75) is 0 Å². The second-order valence-electron chi connectivity index (χ2n) is 4.85. The highest BCUT2D eigenvalue weighted by Gasteiger charge is 2.18. The minimum Gasteiger partial charge on any atom is -0.495 e. The summed E-state index contributed by atoms with van der Waals surface area (Å²) >= 11 is 0. The van der Waals surface area contributed by atoms with Gasteiger partial charge in [-0.3, -0.25) is 25.0 Å². The molecular formula is C15H12FN3O7. The van der Waals surface area contributed by atoms with Crippen LogP contribution in [0.15, 0.2) is 36.4 Å². The number of methoxy groups -OCH3 is 1. The minimum atomic E-state index is -0.781. The van der Waals surface area contributed by atoms with Crippen LogP contribution in [0.25, 0.3) is 0 Å². The molecule has 0 spiro atoms. The molecule has 0 atom stereocenters. The number of carbonyl (C=O) groups excluding carboxylic acids is 1. The number of nitrogens with zero attached hydrogens (tertiary/aromatic N) is 2. The van der Waals surface area contributed by atoms with E-state index in [2.05, 4.69) is 5.32 Å². The van der Waals surface area contributed by atoms with Crippen LogP contribution in [0, 0.1) is 26.0 Å². The van der Waals surface area contributed by atoms with Gasteiger partial charge in [-0.25, -0.2) is 4.39 Å². The third kappa shape index (κ3) is 4.41. The summed E-state index contributed by atoms with van der Waals surface area (Å²) < 4.78 is 23.2. The fourth-order valence-electron chi connectivity index (χ4n) is 1.99. The van der Waals surface area contributed by atoms with Gasteiger partial charge in [0.1, 0.15) is 11.6 Å². The maximum absolute atomic E-state index is 13.2. The van der Waals surface area contributed by atoms with E-state index in [1.165, 1.54) is 19.2 Å². The maximum atomic E-state index is 13.2. The molecule has 136 valence electrons. The molecule has 0 aromatic heterocycles. The average molecular weight is 365 g/mol. The van der Waals surface area contributed by atoms with Crippen LogP contribution < -0.4 is 14.8 Å². The second kappa shape index (κ2) is 7.88. The van der Waals surface area contributed by atoms with Crippen molar-refractivity contribution in [2.24, 2.45) is 0 Å². The minimum absolute atomic E-state index is 0.0176. The third-order valence-electron chi connectivity index (χ3n) is 3.15. The number of non-ortho nitro benzene ring substituents is 1. The molecule has 0 bridgehead atoms. The van der Waals surface area contributed by atoms with E-state index < -0.39 is 39.6 Å². The molecule has 26 heavy (non-hydrogen) atoms. The molecule has 1 N–H and O–H groups in total. The number of carbonyl (C=O) groups is 1.